The van der Waals surface area contributed by atoms with Crippen LogP contribution in [0.15, 0.2) is 77.7 Å². The summed E-state index contributed by atoms with van der Waals surface area (Å²) >= 11 is 0. The van der Waals surface area contributed by atoms with Crippen LogP contribution >= 0.6 is 0 Å². The highest BCUT2D eigenvalue weighted by atomic mass is 32.2. The van der Waals surface area contributed by atoms with Gasteiger partial charge in [0.25, 0.3) is 0 Å². The van der Waals surface area contributed by atoms with Crippen molar-refractivity contribution in [3.8, 4) is 11.5 Å². The minimum Gasteiger partial charge on any atom is -0.493 e. The van der Waals surface area contributed by atoms with E-state index in [2.05, 4.69) is 5.32 Å². The zero-order chi connectivity index (χ0) is 24.7. The summed E-state index contributed by atoms with van der Waals surface area (Å²) in [5.41, 5.74) is 1.48. The molecule has 3 aromatic carbocycles. The lowest BCUT2D eigenvalue weighted by Gasteiger charge is -2.23. The molecule has 3 aromatic rings. The fourth-order valence-corrected chi connectivity index (χ4v) is 4.81. The number of nitrogens with zero attached hydrogens (tertiary/aromatic N) is 1. The fourth-order valence-electron chi connectivity index (χ4n) is 3.42. The molecule has 0 bridgehead atoms. The standard InChI is InChI=1S/C25H27FN2O5S/c1-18(20-9-14-23(32-2)24(15-20)33-3)27-25(29)17-28(16-19-7-5-4-6-8-19)34(30,31)22-12-10-21(26)11-13-22/h4-15,18H,16-17H2,1-3H3,(H,27,29). The Labute approximate surface area is 199 Å². The minimum atomic E-state index is -4.06. The normalized spacial score (nSPS) is 12.3. The topological polar surface area (TPSA) is 84.9 Å². The van der Waals surface area contributed by atoms with Crippen molar-refractivity contribution in [2.24, 2.45) is 0 Å². The first-order valence-corrected chi connectivity index (χ1v) is 12.0. The van der Waals surface area contributed by atoms with Crippen LogP contribution in [0.5, 0.6) is 11.5 Å². The molecule has 0 saturated carbocycles. The summed E-state index contributed by atoms with van der Waals surface area (Å²) in [6, 6.07) is 18.3. The van der Waals surface area contributed by atoms with Crippen LogP contribution in [0, 0.1) is 5.82 Å². The van der Waals surface area contributed by atoms with Crippen molar-refractivity contribution < 1.29 is 27.1 Å². The lowest BCUT2D eigenvalue weighted by molar-refractivity contribution is -0.122. The van der Waals surface area contributed by atoms with E-state index >= 15 is 0 Å². The molecule has 1 N–H and O–H groups in total. The summed E-state index contributed by atoms with van der Waals surface area (Å²) < 4.78 is 51.6. The van der Waals surface area contributed by atoms with Gasteiger partial charge in [-0.15, -0.1) is 0 Å². The van der Waals surface area contributed by atoms with Crippen LogP contribution in [0.2, 0.25) is 0 Å². The van der Waals surface area contributed by atoms with Crippen LogP contribution in [0.1, 0.15) is 24.1 Å². The summed E-state index contributed by atoms with van der Waals surface area (Å²) in [7, 11) is -1.01. The number of carbonyl (C=O) groups excluding carboxylic acids is 1. The molecule has 0 heterocycles. The molecule has 1 unspecified atom stereocenters. The molecular weight excluding hydrogens is 459 g/mol. The summed E-state index contributed by atoms with van der Waals surface area (Å²) in [6.45, 7) is 1.36. The number of ether oxygens (including phenoxy) is 2. The maximum Gasteiger partial charge on any atom is 0.243 e. The molecule has 0 saturated heterocycles. The summed E-state index contributed by atoms with van der Waals surface area (Å²) in [4.78, 5) is 12.8. The van der Waals surface area contributed by atoms with Gasteiger partial charge in [0.15, 0.2) is 11.5 Å². The van der Waals surface area contributed by atoms with E-state index < -0.39 is 34.3 Å². The number of benzene rings is 3. The van der Waals surface area contributed by atoms with Crippen LogP contribution in [-0.4, -0.2) is 39.4 Å². The van der Waals surface area contributed by atoms with E-state index in [1.54, 1.807) is 49.4 Å². The largest absolute Gasteiger partial charge is 0.493 e. The van der Waals surface area contributed by atoms with Gasteiger partial charge in [0.05, 0.1) is 31.7 Å². The number of hydrogen-bond donors (Lipinski definition) is 1. The van der Waals surface area contributed by atoms with Crippen molar-refractivity contribution in [1.82, 2.24) is 9.62 Å². The SMILES string of the molecule is COc1ccc(C(C)NC(=O)CN(Cc2ccccc2)S(=O)(=O)c2ccc(F)cc2)cc1OC. The predicted octanol–water partition coefficient (Wildman–Crippen LogP) is 3.91. The van der Waals surface area contributed by atoms with Gasteiger partial charge in [0, 0.05) is 6.54 Å². The highest BCUT2D eigenvalue weighted by molar-refractivity contribution is 7.89. The molecule has 0 radical (unpaired) electrons. The molecule has 0 fully saturated rings. The molecule has 34 heavy (non-hydrogen) atoms. The van der Waals surface area contributed by atoms with Crippen LogP contribution < -0.4 is 14.8 Å². The summed E-state index contributed by atoms with van der Waals surface area (Å²) in [6.07, 6.45) is 0. The Hall–Kier alpha value is -3.43. The number of halogens is 1. The zero-order valence-electron chi connectivity index (χ0n) is 19.2. The lowest BCUT2D eigenvalue weighted by atomic mass is 10.1. The number of hydrogen-bond acceptors (Lipinski definition) is 5. The van der Waals surface area contributed by atoms with Gasteiger partial charge in [-0.05, 0) is 54.4 Å². The Balaban J connectivity index is 1.81. The van der Waals surface area contributed by atoms with E-state index in [1.165, 1.54) is 26.4 Å². The van der Waals surface area contributed by atoms with E-state index in [-0.39, 0.29) is 11.4 Å². The Morgan fingerprint density at radius 3 is 2.24 bits per heavy atom. The van der Waals surface area contributed by atoms with E-state index in [0.717, 1.165) is 22.0 Å². The van der Waals surface area contributed by atoms with Gasteiger partial charge < -0.3 is 14.8 Å². The zero-order valence-corrected chi connectivity index (χ0v) is 20.0. The van der Waals surface area contributed by atoms with Gasteiger partial charge in [0.1, 0.15) is 5.82 Å². The van der Waals surface area contributed by atoms with Gasteiger partial charge in [-0.1, -0.05) is 36.4 Å². The third-order valence-electron chi connectivity index (χ3n) is 5.26. The smallest absolute Gasteiger partial charge is 0.243 e. The van der Waals surface area contributed by atoms with E-state index in [4.69, 9.17) is 9.47 Å². The van der Waals surface area contributed by atoms with Crippen molar-refractivity contribution >= 4 is 15.9 Å². The van der Waals surface area contributed by atoms with Crippen molar-refractivity contribution in [1.29, 1.82) is 0 Å². The van der Waals surface area contributed by atoms with Crippen molar-refractivity contribution in [3.63, 3.8) is 0 Å². The van der Waals surface area contributed by atoms with Crippen LogP contribution in [0.3, 0.4) is 0 Å². The second kappa shape index (κ2) is 11.1. The number of nitrogens with one attached hydrogen (secondary N) is 1. The Bertz CT molecular complexity index is 1220. The third kappa shape index (κ3) is 6.12. The number of sulfonamides is 1. The summed E-state index contributed by atoms with van der Waals surface area (Å²) in [5, 5.41) is 2.83. The molecule has 9 heteroatoms. The molecule has 3 rings (SSSR count). The maximum absolute atomic E-state index is 13.3. The van der Waals surface area contributed by atoms with E-state index in [1.807, 2.05) is 6.07 Å². The average molecular weight is 487 g/mol. The summed E-state index contributed by atoms with van der Waals surface area (Å²) in [5.74, 6) is 0.0499. The predicted molar refractivity (Wildman–Crippen MR) is 127 cm³/mol. The van der Waals surface area contributed by atoms with Gasteiger partial charge in [0.2, 0.25) is 15.9 Å². The van der Waals surface area contributed by atoms with Gasteiger partial charge in [-0.25, -0.2) is 12.8 Å². The second-order valence-corrected chi connectivity index (χ2v) is 9.55. The quantitative estimate of drug-likeness (QED) is 0.470. The highest BCUT2D eigenvalue weighted by Crippen LogP contribution is 2.30. The molecule has 7 nitrogen and oxygen atoms in total. The number of carbonyl (C=O) groups is 1. The highest BCUT2D eigenvalue weighted by Gasteiger charge is 2.27. The molecule has 0 aliphatic rings. The van der Waals surface area contributed by atoms with Gasteiger partial charge in [-0.2, -0.15) is 4.31 Å². The molecule has 0 aliphatic carbocycles. The molecule has 0 spiro atoms. The average Bonchev–Trinajstić information content (AvgIpc) is 2.84. The lowest BCUT2D eigenvalue weighted by Crippen LogP contribution is -2.41. The second-order valence-electron chi connectivity index (χ2n) is 7.62. The Morgan fingerprint density at radius 2 is 1.62 bits per heavy atom. The third-order valence-corrected chi connectivity index (χ3v) is 7.06. The minimum absolute atomic E-state index is 0.0152. The molecular formula is C25H27FN2O5S. The number of rotatable bonds is 10. The maximum atomic E-state index is 13.3. The molecule has 0 aromatic heterocycles. The van der Waals surface area contributed by atoms with Crippen LogP contribution in [0.25, 0.3) is 0 Å². The molecule has 1 atom stereocenters. The van der Waals surface area contributed by atoms with Crippen LogP contribution in [0.4, 0.5) is 4.39 Å². The number of amides is 1. The van der Waals surface area contributed by atoms with E-state index in [9.17, 15) is 17.6 Å². The first-order chi connectivity index (χ1) is 16.2. The number of methoxy groups -OCH3 is 2. The van der Waals surface area contributed by atoms with Gasteiger partial charge >= 0.3 is 0 Å². The Morgan fingerprint density at radius 1 is 0.971 bits per heavy atom. The first kappa shape index (κ1) is 25.2. The van der Waals surface area contributed by atoms with Gasteiger partial charge in [-0.3, -0.25) is 4.79 Å². The monoisotopic (exact) mass is 486 g/mol. The molecule has 0 aliphatic heterocycles. The van der Waals surface area contributed by atoms with Crippen LogP contribution in [-0.2, 0) is 21.4 Å². The molecule has 180 valence electrons. The van der Waals surface area contributed by atoms with E-state index in [0.29, 0.717) is 17.1 Å². The van der Waals surface area contributed by atoms with Crippen molar-refractivity contribution in [2.45, 2.75) is 24.4 Å². The molecule has 1 amide bonds. The Kier molecular flexibility index (Phi) is 8.25. The van der Waals surface area contributed by atoms with Crippen molar-refractivity contribution in [3.05, 3.63) is 89.7 Å². The van der Waals surface area contributed by atoms with Crippen molar-refractivity contribution in [2.75, 3.05) is 20.8 Å². The first-order valence-electron chi connectivity index (χ1n) is 10.6. The fraction of sp³-hybridized carbons (Fsp3) is 0.240.